The second kappa shape index (κ2) is 18.6. The number of allylic oxidation sites excluding steroid dienone is 2. The number of fused-ring (bicyclic) bond motifs is 1. The van der Waals surface area contributed by atoms with Gasteiger partial charge in [0.1, 0.15) is 36.3 Å². The van der Waals surface area contributed by atoms with Crippen LogP contribution in [0.1, 0.15) is 26.5 Å². The van der Waals surface area contributed by atoms with E-state index in [1.807, 2.05) is 5.41 Å². The van der Waals surface area contributed by atoms with Crippen molar-refractivity contribution < 1.29 is 75.7 Å². The molecular weight excluding hydrogens is 779 g/mol. The number of amides is 2. The summed E-state index contributed by atoms with van der Waals surface area (Å²) in [5.74, 6) is -0.727. The Morgan fingerprint density at radius 1 is 1.13 bits per heavy atom. The van der Waals surface area contributed by atoms with Gasteiger partial charge in [-0.05, 0) is 5.41 Å². The summed E-state index contributed by atoms with van der Waals surface area (Å²) in [6, 6.07) is 0. The molecule has 2 amide bonds. The minimum atomic E-state index is -5.55. The lowest BCUT2D eigenvalue weighted by atomic mass is 9.87. The van der Waals surface area contributed by atoms with Crippen molar-refractivity contribution in [1.82, 2.24) is 30.2 Å². The molecule has 292 valence electrons. The second-order valence-corrected chi connectivity index (χ2v) is 16.8. The number of nitrogen functional groups attached to an aromatic ring is 1. The van der Waals surface area contributed by atoms with E-state index in [0.29, 0.717) is 12.3 Å². The maximum Gasteiger partial charge on any atom is 0.481 e. The zero-order chi connectivity index (χ0) is 38.9. The van der Waals surface area contributed by atoms with Crippen molar-refractivity contribution in [3.8, 4) is 0 Å². The summed E-state index contributed by atoms with van der Waals surface area (Å²) in [5, 5.41) is 28.2. The van der Waals surface area contributed by atoms with Crippen LogP contribution in [0.15, 0.2) is 36.8 Å². The highest BCUT2D eigenvalue weighted by Crippen LogP contribution is 2.61. The fourth-order valence-electron chi connectivity index (χ4n) is 4.37. The van der Waals surface area contributed by atoms with Gasteiger partial charge >= 0.3 is 23.5 Å². The Bertz CT molecular complexity index is 1740. The second-order valence-electron chi connectivity index (χ2n) is 11.5. The Morgan fingerprint density at radius 3 is 2.50 bits per heavy atom. The Labute approximate surface area is 300 Å². The first-order valence-electron chi connectivity index (χ1n) is 14.9. The average molecular weight is 820 g/mol. The van der Waals surface area contributed by atoms with E-state index in [1.165, 1.54) is 25.6 Å². The number of nitrogens with two attached hydrogens (primary N) is 1. The first-order chi connectivity index (χ1) is 24.2. The monoisotopic (exact) mass is 819 g/mol. The van der Waals surface area contributed by atoms with Gasteiger partial charge in [0, 0.05) is 30.7 Å². The summed E-state index contributed by atoms with van der Waals surface area (Å²) in [7, 11) is -16.3. The molecule has 10 N–H and O–H groups in total. The third-order valence-corrected chi connectivity index (χ3v) is 10.8. The van der Waals surface area contributed by atoms with Gasteiger partial charge in [0.15, 0.2) is 17.7 Å². The molecule has 0 aromatic carbocycles. The molecule has 52 heavy (non-hydrogen) atoms. The van der Waals surface area contributed by atoms with Crippen LogP contribution in [0.5, 0.6) is 0 Å². The summed E-state index contributed by atoms with van der Waals surface area (Å²) >= 11 is 1.46. The molecule has 0 radical (unpaired) electrons. The van der Waals surface area contributed by atoms with Gasteiger partial charge in [-0.25, -0.2) is 28.6 Å². The van der Waals surface area contributed by atoms with Crippen LogP contribution in [-0.4, -0.2) is 118 Å². The predicted octanol–water partition coefficient (Wildman–Crippen LogP) is -0.162. The topological polar surface area (TPSA) is 347 Å². The number of imidazole rings is 1. The zero-order valence-electron chi connectivity index (χ0n) is 27.6. The molecule has 0 spiro atoms. The van der Waals surface area contributed by atoms with Gasteiger partial charge in [0.2, 0.25) is 11.8 Å². The molecule has 1 aliphatic rings. The van der Waals surface area contributed by atoms with E-state index in [-0.39, 0.29) is 35.9 Å². The summed E-state index contributed by atoms with van der Waals surface area (Å²) in [4.78, 5) is 75.2. The van der Waals surface area contributed by atoms with E-state index in [0.717, 1.165) is 17.2 Å². The summed E-state index contributed by atoms with van der Waals surface area (Å²) in [6.07, 6.45) is -3.40. The van der Waals surface area contributed by atoms with Crippen molar-refractivity contribution in [2.75, 3.05) is 37.8 Å². The van der Waals surface area contributed by atoms with Gasteiger partial charge in [-0.15, -0.1) is 11.8 Å². The quantitative estimate of drug-likeness (QED) is 0.0449. The molecule has 3 rings (SSSR count). The van der Waals surface area contributed by atoms with Crippen LogP contribution >= 0.6 is 35.2 Å². The highest BCUT2D eigenvalue weighted by molar-refractivity contribution is 8.02. The van der Waals surface area contributed by atoms with E-state index in [9.17, 15) is 53.1 Å². The molecule has 1 aliphatic heterocycles. The van der Waals surface area contributed by atoms with Gasteiger partial charge < -0.3 is 50.9 Å². The molecule has 27 heteroatoms. The van der Waals surface area contributed by atoms with Gasteiger partial charge in [-0.2, -0.15) is 4.31 Å². The Kier molecular flexibility index (Phi) is 15.7. The number of phosphoric ester groups is 3. The smallest absolute Gasteiger partial charge is 0.386 e. The number of nitrogens with zero attached hydrogens (tertiary/aromatic N) is 4. The number of aliphatic hydroxyl groups excluding tert-OH is 2. The van der Waals surface area contributed by atoms with Crippen molar-refractivity contribution >= 4 is 64.0 Å². The van der Waals surface area contributed by atoms with E-state index in [1.54, 1.807) is 12.2 Å². The van der Waals surface area contributed by atoms with Crippen LogP contribution in [0.4, 0.5) is 5.82 Å². The van der Waals surface area contributed by atoms with E-state index in [2.05, 4.69) is 41.0 Å². The van der Waals surface area contributed by atoms with Crippen LogP contribution in [0.25, 0.3) is 11.2 Å². The maximum absolute atomic E-state index is 12.6. The number of anilines is 1. The minimum absolute atomic E-state index is 0.0366. The first-order valence-corrected chi connectivity index (χ1v) is 20.5. The van der Waals surface area contributed by atoms with Gasteiger partial charge in [0.25, 0.3) is 0 Å². The van der Waals surface area contributed by atoms with Crippen LogP contribution in [0.3, 0.4) is 0 Å². The first kappa shape index (κ1) is 43.8. The number of hydrogen-bond acceptors (Lipinski definition) is 17. The lowest BCUT2D eigenvalue weighted by Gasteiger charge is -2.30. The number of aromatic nitrogens is 4. The molecule has 1 saturated heterocycles. The van der Waals surface area contributed by atoms with Crippen LogP contribution in [0, 0.1) is 5.41 Å². The molecule has 2 aromatic heterocycles. The molecule has 0 bridgehead atoms. The van der Waals surface area contributed by atoms with E-state index < -0.39 is 78.6 Å². The third kappa shape index (κ3) is 13.0. The molecule has 0 aliphatic carbocycles. The number of carbonyl (C=O) groups excluding carboxylic acids is 2. The lowest BCUT2D eigenvalue weighted by molar-refractivity contribution is -0.137. The number of thioether (sulfide) groups is 1. The summed E-state index contributed by atoms with van der Waals surface area (Å²) in [6.45, 7) is 4.32. The van der Waals surface area contributed by atoms with Gasteiger partial charge in [0.05, 0.1) is 19.5 Å². The predicted molar refractivity (Wildman–Crippen MR) is 181 cm³/mol. The number of ether oxygens (including phenoxy) is 1. The molecule has 2 unspecified atom stereocenters. The maximum atomic E-state index is 12.6. The SMILES string of the molecule is C=CC=CSCCNC(=O)CCNC(=O)[C@H](O)C(C)(C)COP(=O)(O)OP(=O)(O)OC[C@H]1O[C@@H](n2cnc3c(N)ncnc32)[C@H](O)[C@@H]1OP(=O)(O)O. The van der Waals surface area contributed by atoms with Crippen molar-refractivity contribution in [2.45, 2.75) is 50.9 Å². The average Bonchev–Trinajstić information content (AvgIpc) is 3.60. The standard InChI is InChI=1S/C25H40N7O16P3S/c1-4-5-9-52-10-8-27-16(33)6-7-28-23(36)20(35)25(2,3)12-45-51(42,43)48-50(40,41)44-11-15-19(47-49(37,38)39)18(34)24(46-15)32-14-31-17-21(26)29-13-30-22(17)32/h4-5,9,13-15,18-20,24,34-35H,1,6-8,10-12H2,2-3H3,(H,27,33)(H,28,36)(H,40,41)(H,42,43)(H2,26,29,30)(H2,37,38,39)/t15-,18-,19-,20+,24-/m1/s1. The summed E-state index contributed by atoms with van der Waals surface area (Å²) in [5.41, 5.74) is 4.30. The highest BCUT2D eigenvalue weighted by atomic mass is 32.2. The third-order valence-electron chi connectivity index (χ3n) is 6.93. The molecular formula is C25H40N7O16P3S. The van der Waals surface area contributed by atoms with Crippen molar-refractivity contribution in [1.29, 1.82) is 0 Å². The Balaban J connectivity index is 1.53. The lowest BCUT2D eigenvalue weighted by Crippen LogP contribution is -2.46. The largest absolute Gasteiger partial charge is 0.481 e. The zero-order valence-corrected chi connectivity index (χ0v) is 31.1. The van der Waals surface area contributed by atoms with Crippen LogP contribution in [0.2, 0.25) is 0 Å². The number of aliphatic hydroxyl groups is 2. The molecule has 1 fully saturated rings. The normalized spacial score (nSPS) is 22.5. The van der Waals surface area contributed by atoms with Crippen molar-refractivity contribution in [3.05, 3.63) is 36.8 Å². The number of carbonyl (C=O) groups is 2. The number of nitrogens with one attached hydrogen (secondary N) is 2. The van der Waals surface area contributed by atoms with Crippen LogP contribution in [-0.2, 0) is 45.9 Å². The molecule has 7 atom stereocenters. The fourth-order valence-corrected chi connectivity index (χ4v) is 7.78. The molecule has 2 aromatic rings. The van der Waals surface area contributed by atoms with E-state index in [4.69, 9.17) is 19.5 Å². The van der Waals surface area contributed by atoms with Gasteiger partial charge in [-0.1, -0.05) is 32.6 Å². The highest BCUT2D eigenvalue weighted by Gasteiger charge is 2.50. The van der Waals surface area contributed by atoms with Crippen LogP contribution < -0.4 is 16.4 Å². The number of hydrogen-bond donors (Lipinski definition) is 9. The molecule has 0 saturated carbocycles. The van der Waals surface area contributed by atoms with Crippen molar-refractivity contribution in [2.24, 2.45) is 5.41 Å². The Morgan fingerprint density at radius 2 is 1.83 bits per heavy atom. The minimum Gasteiger partial charge on any atom is -0.386 e. The fraction of sp³-hybridized carbons (Fsp3) is 0.560. The molecule has 23 nitrogen and oxygen atoms in total. The Hall–Kier alpha value is -2.63. The number of rotatable bonds is 21. The number of phosphoric acid groups is 3. The van der Waals surface area contributed by atoms with E-state index >= 15 is 0 Å². The van der Waals surface area contributed by atoms with Gasteiger partial charge in [-0.3, -0.25) is 27.7 Å². The summed E-state index contributed by atoms with van der Waals surface area (Å²) < 4.78 is 62.0. The van der Waals surface area contributed by atoms with Crippen molar-refractivity contribution in [3.63, 3.8) is 0 Å². The molecule has 3 heterocycles.